The Bertz CT molecular complexity index is 277. The molecule has 1 heterocycles. The molecule has 0 aliphatic carbocycles. The molecule has 132 valence electrons. The quantitative estimate of drug-likeness (QED) is 0.395. The van der Waals surface area contributed by atoms with Gasteiger partial charge in [0, 0.05) is 6.61 Å². The van der Waals surface area contributed by atoms with Crippen molar-refractivity contribution in [2.75, 3.05) is 46.9 Å². The molecule has 1 saturated heterocycles. The van der Waals surface area contributed by atoms with Crippen molar-refractivity contribution in [2.24, 2.45) is 11.7 Å². The number of hydrogen-bond acceptors (Lipinski definition) is 5. The van der Waals surface area contributed by atoms with Gasteiger partial charge >= 0.3 is 0 Å². The average Bonchev–Trinajstić information content (AvgIpc) is 2.49. The second kappa shape index (κ2) is 10.6. The highest BCUT2D eigenvalue weighted by molar-refractivity contribution is 4.77. The van der Waals surface area contributed by atoms with E-state index in [4.69, 9.17) is 10.8 Å². The standard InChI is InChI=1S/C17H37N3O2/c1-19(2)11-3-4-12-20-13-7-16(8-14-20)6-10-17(18,22)9-5-15-21/h16,21-22H,3-15,18H2,1-2H3. The molecule has 5 nitrogen and oxygen atoms in total. The minimum atomic E-state index is -1.09. The molecular formula is C17H37N3O2. The van der Waals surface area contributed by atoms with Crippen LogP contribution in [0.4, 0.5) is 0 Å². The molecule has 0 saturated carbocycles. The first-order chi connectivity index (χ1) is 10.4. The minimum absolute atomic E-state index is 0.103. The second-order valence-electron chi connectivity index (χ2n) is 7.26. The minimum Gasteiger partial charge on any atom is -0.396 e. The Labute approximate surface area is 136 Å². The van der Waals surface area contributed by atoms with Crippen LogP contribution in [0.3, 0.4) is 0 Å². The van der Waals surface area contributed by atoms with Crippen LogP contribution in [0, 0.1) is 5.92 Å². The molecule has 5 heteroatoms. The van der Waals surface area contributed by atoms with E-state index in [-0.39, 0.29) is 6.61 Å². The molecule has 1 fully saturated rings. The number of piperidine rings is 1. The van der Waals surface area contributed by atoms with Crippen LogP contribution in [0.1, 0.15) is 51.4 Å². The smallest absolute Gasteiger partial charge is 0.113 e. The van der Waals surface area contributed by atoms with Crippen LogP contribution in [-0.2, 0) is 0 Å². The maximum Gasteiger partial charge on any atom is 0.113 e. The highest BCUT2D eigenvalue weighted by Gasteiger charge is 2.24. The molecule has 1 aliphatic heterocycles. The number of aliphatic hydroxyl groups excluding tert-OH is 1. The van der Waals surface area contributed by atoms with E-state index in [2.05, 4.69) is 23.9 Å². The number of nitrogens with zero attached hydrogens (tertiary/aromatic N) is 2. The van der Waals surface area contributed by atoms with Crippen molar-refractivity contribution >= 4 is 0 Å². The van der Waals surface area contributed by atoms with Gasteiger partial charge in [0.25, 0.3) is 0 Å². The summed E-state index contributed by atoms with van der Waals surface area (Å²) in [5.74, 6) is 0.697. The Kier molecular flexibility index (Phi) is 9.52. The van der Waals surface area contributed by atoms with Gasteiger partial charge in [0.05, 0.1) is 0 Å². The third kappa shape index (κ3) is 9.06. The first kappa shape index (κ1) is 19.8. The fraction of sp³-hybridized carbons (Fsp3) is 1.00. The molecule has 1 unspecified atom stereocenters. The van der Waals surface area contributed by atoms with Crippen molar-refractivity contribution in [2.45, 2.75) is 57.1 Å². The van der Waals surface area contributed by atoms with Gasteiger partial charge in [0.1, 0.15) is 5.72 Å². The van der Waals surface area contributed by atoms with Crippen molar-refractivity contribution in [1.29, 1.82) is 0 Å². The molecular weight excluding hydrogens is 278 g/mol. The molecule has 0 amide bonds. The van der Waals surface area contributed by atoms with E-state index >= 15 is 0 Å². The van der Waals surface area contributed by atoms with Crippen LogP contribution in [0.15, 0.2) is 0 Å². The Hall–Kier alpha value is -0.200. The van der Waals surface area contributed by atoms with Crippen LogP contribution < -0.4 is 5.73 Å². The van der Waals surface area contributed by atoms with Gasteiger partial charge in [-0.25, -0.2) is 0 Å². The fourth-order valence-corrected chi connectivity index (χ4v) is 3.23. The summed E-state index contributed by atoms with van der Waals surface area (Å²) in [7, 11) is 4.26. The summed E-state index contributed by atoms with van der Waals surface area (Å²) < 4.78 is 0. The van der Waals surface area contributed by atoms with Crippen LogP contribution in [-0.4, -0.2) is 72.6 Å². The third-order valence-corrected chi connectivity index (χ3v) is 4.79. The molecule has 0 radical (unpaired) electrons. The predicted octanol–water partition coefficient (Wildman–Crippen LogP) is 1.24. The normalized spacial score (nSPS) is 20.5. The zero-order chi connectivity index (χ0) is 16.4. The molecule has 0 aromatic heterocycles. The first-order valence-corrected chi connectivity index (χ1v) is 8.92. The molecule has 22 heavy (non-hydrogen) atoms. The molecule has 0 aromatic rings. The van der Waals surface area contributed by atoms with Gasteiger partial charge in [-0.1, -0.05) is 0 Å². The highest BCUT2D eigenvalue weighted by Crippen LogP contribution is 2.25. The van der Waals surface area contributed by atoms with Crippen molar-refractivity contribution in [3.8, 4) is 0 Å². The number of hydrogen-bond donors (Lipinski definition) is 3. The fourth-order valence-electron chi connectivity index (χ4n) is 3.23. The van der Waals surface area contributed by atoms with Gasteiger partial charge in [-0.15, -0.1) is 0 Å². The highest BCUT2D eigenvalue weighted by atomic mass is 16.3. The van der Waals surface area contributed by atoms with Crippen LogP contribution in [0.2, 0.25) is 0 Å². The van der Waals surface area contributed by atoms with E-state index in [1.807, 2.05) is 0 Å². The summed E-state index contributed by atoms with van der Waals surface area (Å²) in [6.07, 6.45) is 7.75. The van der Waals surface area contributed by atoms with E-state index < -0.39 is 5.72 Å². The van der Waals surface area contributed by atoms with E-state index in [9.17, 15) is 5.11 Å². The third-order valence-electron chi connectivity index (χ3n) is 4.79. The zero-order valence-corrected chi connectivity index (χ0v) is 14.6. The largest absolute Gasteiger partial charge is 0.396 e. The summed E-state index contributed by atoms with van der Waals surface area (Å²) in [5, 5.41) is 18.9. The zero-order valence-electron chi connectivity index (χ0n) is 14.6. The summed E-state index contributed by atoms with van der Waals surface area (Å²) >= 11 is 0. The summed E-state index contributed by atoms with van der Waals surface area (Å²) in [5.41, 5.74) is 4.79. The number of unbranched alkanes of at least 4 members (excludes halogenated alkanes) is 1. The van der Waals surface area contributed by atoms with Crippen LogP contribution in [0.5, 0.6) is 0 Å². The Morgan fingerprint density at radius 2 is 1.82 bits per heavy atom. The lowest BCUT2D eigenvalue weighted by Crippen LogP contribution is -2.41. The van der Waals surface area contributed by atoms with Crippen molar-refractivity contribution in [3.63, 3.8) is 0 Å². The molecule has 1 rings (SSSR count). The lowest BCUT2D eigenvalue weighted by molar-refractivity contribution is 0.0138. The lowest BCUT2D eigenvalue weighted by atomic mass is 9.88. The molecule has 1 aliphatic rings. The van der Waals surface area contributed by atoms with E-state index in [0.717, 1.165) is 6.42 Å². The number of nitrogens with two attached hydrogens (primary N) is 1. The van der Waals surface area contributed by atoms with E-state index in [1.54, 1.807) is 0 Å². The van der Waals surface area contributed by atoms with Gasteiger partial charge < -0.3 is 25.7 Å². The average molecular weight is 316 g/mol. The monoisotopic (exact) mass is 315 g/mol. The molecule has 1 atom stereocenters. The SMILES string of the molecule is CN(C)CCCCN1CCC(CCC(N)(O)CCCO)CC1. The Morgan fingerprint density at radius 3 is 2.41 bits per heavy atom. The van der Waals surface area contributed by atoms with Gasteiger partial charge in [-0.3, -0.25) is 0 Å². The van der Waals surface area contributed by atoms with Gasteiger partial charge in [-0.2, -0.15) is 0 Å². The number of aliphatic hydroxyl groups is 2. The van der Waals surface area contributed by atoms with Gasteiger partial charge in [0.2, 0.25) is 0 Å². The molecule has 0 spiro atoms. The number of rotatable bonds is 11. The molecule has 4 N–H and O–H groups in total. The molecule has 0 aromatic carbocycles. The second-order valence-corrected chi connectivity index (χ2v) is 7.26. The predicted molar refractivity (Wildman–Crippen MR) is 91.6 cm³/mol. The first-order valence-electron chi connectivity index (χ1n) is 8.92. The summed E-state index contributed by atoms with van der Waals surface area (Å²) in [6, 6.07) is 0. The van der Waals surface area contributed by atoms with Crippen molar-refractivity contribution < 1.29 is 10.2 Å². The van der Waals surface area contributed by atoms with Crippen LogP contribution >= 0.6 is 0 Å². The maximum absolute atomic E-state index is 10.1. The Morgan fingerprint density at radius 1 is 1.14 bits per heavy atom. The summed E-state index contributed by atoms with van der Waals surface area (Å²) in [4.78, 5) is 4.82. The van der Waals surface area contributed by atoms with Crippen molar-refractivity contribution in [3.05, 3.63) is 0 Å². The van der Waals surface area contributed by atoms with Gasteiger partial charge in [-0.05, 0) is 97.6 Å². The topological polar surface area (TPSA) is 73.0 Å². The number of likely N-dealkylation sites (tertiary alicyclic amines) is 1. The van der Waals surface area contributed by atoms with E-state index in [1.165, 1.54) is 51.9 Å². The van der Waals surface area contributed by atoms with Crippen molar-refractivity contribution in [1.82, 2.24) is 9.80 Å². The maximum atomic E-state index is 10.1. The molecule has 0 bridgehead atoms. The summed E-state index contributed by atoms with van der Waals surface area (Å²) in [6.45, 7) is 4.88. The lowest BCUT2D eigenvalue weighted by Gasteiger charge is -2.33. The van der Waals surface area contributed by atoms with Crippen LogP contribution in [0.25, 0.3) is 0 Å². The Balaban J connectivity index is 2.09. The van der Waals surface area contributed by atoms with E-state index in [0.29, 0.717) is 25.2 Å². The van der Waals surface area contributed by atoms with Gasteiger partial charge in [0.15, 0.2) is 0 Å².